The maximum atomic E-state index is 11.8. The lowest BCUT2D eigenvalue weighted by Gasteiger charge is -2.05. The number of aromatic nitrogens is 2. The molecule has 0 aliphatic rings. The Labute approximate surface area is 110 Å². The van der Waals surface area contributed by atoms with Gasteiger partial charge >= 0.3 is 5.97 Å². The summed E-state index contributed by atoms with van der Waals surface area (Å²) >= 11 is 0. The molecular weight excluding hydrogens is 272 g/mol. The van der Waals surface area contributed by atoms with E-state index in [4.69, 9.17) is 10.4 Å². The number of nitriles is 1. The molecule has 0 saturated heterocycles. The molecule has 19 heavy (non-hydrogen) atoms. The van der Waals surface area contributed by atoms with Crippen LogP contribution in [0.15, 0.2) is 17.3 Å². The van der Waals surface area contributed by atoms with Gasteiger partial charge in [-0.2, -0.15) is 10.4 Å². The first kappa shape index (κ1) is 15.1. The van der Waals surface area contributed by atoms with Gasteiger partial charge in [0, 0.05) is 12.7 Å². The van der Waals surface area contributed by atoms with E-state index in [1.165, 1.54) is 10.9 Å². The topological polar surface area (TPSA) is 125 Å². The van der Waals surface area contributed by atoms with Crippen LogP contribution < -0.4 is 4.72 Å². The molecule has 1 heterocycles. The Balaban J connectivity index is 2.69. The lowest BCUT2D eigenvalue weighted by molar-refractivity contribution is -0.137. The van der Waals surface area contributed by atoms with Gasteiger partial charge in [-0.15, -0.1) is 0 Å². The summed E-state index contributed by atoms with van der Waals surface area (Å²) in [6.07, 6.45) is 2.25. The summed E-state index contributed by atoms with van der Waals surface area (Å²) in [6, 6.07) is 1.91. The molecule has 0 aliphatic carbocycles. The monoisotopic (exact) mass is 286 g/mol. The van der Waals surface area contributed by atoms with Gasteiger partial charge in [0.1, 0.15) is 4.90 Å². The molecule has 1 unspecified atom stereocenters. The van der Waals surface area contributed by atoms with Gasteiger partial charge in [0.05, 0.1) is 31.1 Å². The molecule has 104 valence electrons. The van der Waals surface area contributed by atoms with Crippen molar-refractivity contribution in [2.24, 2.45) is 5.92 Å². The number of carboxylic acids is 1. The maximum Gasteiger partial charge on any atom is 0.305 e. The second-order valence-corrected chi connectivity index (χ2v) is 5.73. The van der Waals surface area contributed by atoms with Gasteiger partial charge in [-0.05, 0) is 6.92 Å². The number of nitrogens with zero attached hydrogens (tertiary/aromatic N) is 3. The summed E-state index contributed by atoms with van der Waals surface area (Å²) < 4.78 is 27.2. The maximum absolute atomic E-state index is 11.8. The second kappa shape index (κ2) is 6.31. The number of nitrogens with one attached hydrogen (secondary N) is 1. The van der Waals surface area contributed by atoms with Crippen LogP contribution in [-0.2, 0) is 21.4 Å². The molecule has 1 aromatic heterocycles. The zero-order chi connectivity index (χ0) is 14.5. The quantitative estimate of drug-likeness (QED) is 0.714. The van der Waals surface area contributed by atoms with Crippen LogP contribution in [0.3, 0.4) is 0 Å². The lowest BCUT2D eigenvalue weighted by atomic mass is 10.2. The second-order valence-electron chi connectivity index (χ2n) is 3.96. The number of hydrogen-bond acceptors (Lipinski definition) is 5. The van der Waals surface area contributed by atoms with Gasteiger partial charge in [0.2, 0.25) is 10.0 Å². The molecule has 0 aliphatic heterocycles. The third-order valence-electron chi connectivity index (χ3n) is 2.27. The molecule has 0 radical (unpaired) electrons. The molecule has 2 N–H and O–H groups in total. The number of hydrogen-bond donors (Lipinski definition) is 2. The Morgan fingerprint density at radius 2 is 2.37 bits per heavy atom. The fourth-order valence-corrected chi connectivity index (χ4v) is 2.26. The van der Waals surface area contributed by atoms with Gasteiger partial charge in [0.25, 0.3) is 0 Å². The molecule has 1 atom stereocenters. The number of sulfonamides is 1. The minimum Gasteiger partial charge on any atom is -0.481 e. The zero-order valence-electron chi connectivity index (χ0n) is 10.3. The minimum atomic E-state index is -3.72. The predicted molar refractivity (Wildman–Crippen MR) is 64.4 cm³/mol. The zero-order valence-corrected chi connectivity index (χ0v) is 11.1. The van der Waals surface area contributed by atoms with E-state index >= 15 is 0 Å². The first-order chi connectivity index (χ1) is 8.85. The Morgan fingerprint density at radius 1 is 1.68 bits per heavy atom. The van der Waals surface area contributed by atoms with Crippen molar-refractivity contribution in [3.8, 4) is 6.07 Å². The number of rotatable bonds is 7. The lowest BCUT2D eigenvalue weighted by Crippen LogP contribution is -2.27. The highest BCUT2D eigenvalue weighted by atomic mass is 32.2. The highest BCUT2D eigenvalue weighted by Crippen LogP contribution is 2.07. The average molecular weight is 286 g/mol. The van der Waals surface area contributed by atoms with Crippen LogP contribution in [0.1, 0.15) is 13.3 Å². The Hall–Kier alpha value is -1.92. The molecule has 0 amide bonds. The molecule has 8 nitrogen and oxygen atoms in total. The molecule has 0 saturated carbocycles. The van der Waals surface area contributed by atoms with Gasteiger partial charge in [-0.25, -0.2) is 13.1 Å². The summed E-state index contributed by atoms with van der Waals surface area (Å²) in [7, 11) is -3.72. The van der Waals surface area contributed by atoms with Crippen molar-refractivity contribution < 1.29 is 18.3 Å². The molecular formula is C10H14N4O4S. The Bertz CT molecular complexity index is 587. The van der Waals surface area contributed by atoms with E-state index in [1.54, 1.807) is 6.92 Å². The van der Waals surface area contributed by atoms with Crippen LogP contribution in [0.2, 0.25) is 0 Å². The third kappa shape index (κ3) is 4.69. The summed E-state index contributed by atoms with van der Waals surface area (Å²) in [5, 5.41) is 20.9. The molecule has 0 bridgehead atoms. The van der Waals surface area contributed by atoms with Gasteiger partial charge in [-0.1, -0.05) is 0 Å². The van der Waals surface area contributed by atoms with Crippen LogP contribution in [0.4, 0.5) is 0 Å². The SMILES string of the molecule is CC(C#N)CNS(=O)(=O)c1cnn(CCC(=O)O)c1. The van der Waals surface area contributed by atoms with Crippen molar-refractivity contribution in [2.45, 2.75) is 24.8 Å². The van der Waals surface area contributed by atoms with Crippen molar-refractivity contribution in [1.82, 2.24) is 14.5 Å². The van der Waals surface area contributed by atoms with Crippen molar-refractivity contribution in [3.63, 3.8) is 0 Å². The summed E-state index contributed by atoms with van der Waals surface area (Å²) in [5.41, 5.74) is 0. The molecule has 1 rings (SSSR count). The first-order valence-corrected chi connectivity index (χ1v) is 6.97. The van der Waals surface area contributed by atoms with E-state index < -0.39 is 21.9 Å². The highest BCUT2D eigenvalue weighted by Gasteiger charge is 2.17. The number of carbonyl (C=O) groups is 1. The van der Waals surface area contributed by atoms with Crippen LogP contribution in [-0.4, -0.2) is 35.8 Å². The average Bonchev–Trinajstić information content (AvgIpc) is 2.83. The Kier molecular flexibility index (Phi) is 5.02. The molecule has 1 aromatic rings. The predicted octanol–water partition coefficient (Wildman–Crippen LogP) is -0.204. The van der Waals surface area contributed by atoms with Gasteiger partial charge in [0.15, 0.2) is 0 Å². The van der Waals surface area contributed by atoms with Crippen LogP contribution in [0.5, 0.6) is 0 Å². The van der Waals surface area contributed by atoms with Gasteiger partial charge < -0.3 is 5.11 Å². The van der Waals surface area contributed by atoms with E-state index in [1.807, 2.05) is 6.07 Å². The van der Waals surface area contributed by atoms with E-state index in [9.17, 15) is 13.2 Å². The third-order valence-corrected chi connectivity index (χ3v) is 3.65. The number of aryl methyl sites for hydroxylation is 1. The van der Waals surface area contributed by atoms with E-state index in [0.717, 1.165) is 6.20 Å². The molecule has 0 fully saturated rings. The number of carboxylic acid groups (broad SMARTS) is 1. The number of aliphatic carboxylic acids is 1. The van der Waals surface area contributed by atoms with Crippen molar-refractivity contribution in [3.05, 3.63) is 12.4 Å². The van der Waals surface area contributed by atoms with E-state index in [-0.39, 0.29) is 24.4 Å². The van der Waals surface area contributed by atoms with Crippen molar-refractivity contribution in [1.29, 1.82) is 5.26 Å². The summed E-state index contributed by atoms with van der Waals surface area (Å²) in [6.45, 7) is 1.71. The smallest absolute Gasteiger partial charge is 0.305 e. The fraction of sp³-hybridized carbons (Fsp3) is 0.500. The molecule has 9 heteroatoms. The minimum absolute atomic E-state index is 0.0130. The standard InChI is InChI=1S/C10H14N4O4S/c1-8(4-11)5-13-19(17,18)9-6-12-14(7-9)3-2-10(15)16/h6-8,13H,2-3,5H2,1H3,(H,15,16). The molecule has 0 aromatic carbocycles. The fourth-order valence-electron chi connectivity index (χ4n) is 1.18. The summed E-state index contributed by atoms with van der Waals surface area (Å²) in [5.74, 6) is -1.42. The highest BCUT2D eigenvalue weighted by molar-refractivity contribution is 7.89. The van der Waals surface area contributed by atoms with E-state index in [0.29, 0.717) is 0 Å². The Morgan fingerprint density at radius 3 is 2.95 bits per heavy atom. The summed E-state index contributed by atoms with van der Waals surface area (Å²) in [4.78, 5) is 10.3. The van der Waals surface area contributed by atoms with E-state index in [2.05, 4.69) is 9.82 Å². The van der Waals surface area contributed by atoms with Crippen molar-refractivity contribution in [2.75, 3.05) is 6.54 Å². The van der Waals surface area contributed by atoms with Crippen LogP contribution in [0, 0.1) is 17.2 Å². The molecule has 0 spiro atoms. The van der Waals surface area contributed by atoms with Gasteiger partial charge in [-0.3, -0.25) is 9.48 Å². The first-order valence-electron chi connectivity index (χ1n) is 5.48. The largest absolute Gasteiger partial charge is 0.481 e. The van der Waals surface area contributed by atoms with Crippen LogP contribution >= 0.6 is 0 Å². The van der Waals surface area contributed by atoms with Crippen LogP contribution in [0.25, 0.3) is 0 Å². The van der Waals surface area contributed by atoms with Crippen molar-refractivity contribution >= 4 is 16.0 Å². The normalized spacial score (nSPS) is 12.8.